The van der Waals surface area contributed by atoms with Gasteiger partial charge in [0.2, 0.25) is 5.91 Å². The van der Waals surface area contributed by atoms with Crippen molar-refractivity contribution in [1.82, 2.24) is 4.90 Å². The first-order chi connectivity index (χ1) is 12.6. The average molecular weight is 361 g/mol. The molecule has 142 valence electrons. The maximum absolute atomic E-state index is 12.7. The molecular weight excluding hydrogens is 332 g/mol. The van der Waals surface area contributed by atoms with Crippen molar-refractivity contribution in [3.8, 4) is 11.5 Å². The van der Waals surface area contributed by atoms with Crippen molar-refractivity contribution in [2.75, 3.05) is 20.8 Å². The summed E-state index contributed by atoms with van der Waals surface area (Å²) in [7, 11) is 3.24. The van der Waals surface area contributed by atoms with Gasteiger partial charge in [0.1, 0.15) is 0 Å². The monoisotopic (exact) mass is 361 g/mol. The zero-order valence-electron chi connectivity index (χ0n) is 15.7. The SMILES string of the molecule is COc1ccc(CC[NH2+]C2CC(=O)N(C3CCCCC3)C2=O)cc1OC. The van der Waals surface area contributed by atoms with Crippen LogP contribution in [0.2, 0.25) is 0 Å². The number of carbonyl (C=O) groups excluding carboxylic acids is 2. The van der Waals surface area contributed by atoms with E-state index in [1.165, 1.54) is 6.42 Å². The Morgan fingerprint density at radius 3 is 2.50 bits per heavy atom. The number of carbonyl (C=O) groups is 2. The molecule has 2 N–H and O–H groups in total. The second-order valence-electron chi connectivity index (χ2n) is 7.17. The number of ether oxygens (including phenoxy) is 2. The van der Waals surface area contributed by atoms with Gasteiger partial charge in [0.25, 0.3) is 5.91 Å². The molecule has 0 radical (unpaired) electrons. The third-order valence-corrected chi connectivity index (χ3v) is 5.49. The number of nitrogens with zero attached hydrogens (tertiary/aromatic N) is 1. The van der Waals surface area contributed by atoms with Crippen LogP contribution in [0.3, 0.4) is 0 Å². The molecule has 1 unspecified atom stereocenters. The minimum absolute atomic E-state index is 0.00853. The van der Waals surface area contributed by atoms with Gasteiger partial charge in [-0.1, -0.05) is 25.3 Å². The largest absolute Gasteiger partial charge is 0.493 e. The summed E-state index contributed by atoms with van der Waals surface area (Å²) in [6, 6.07) is 5.73. The van der Waals surface area contributed by atoms with Crippen LogP contribution in [0.1, 0.15) is 44.1 Å². The molecule has 1 aromatic rings. The molecule has 6 heteroatoms. The number of hydrogen-bond donors (Lipinski definition) is 1. The minimum atomic E-state index is -0.260. The first kappa shape index (κ1) is 18.7. The Morgan fingerprint density at radius 1 is 1.08 bits per heavy atom. The molecule has 26 heavy (non-hydrogen) atoms. The predicted octanol–water partition coefficient (Wildman–Crippen LogP) is 1.27. The van der Waals surface area contributed by atoms with Crippen LogP contribution in [0.15, 0.2) is 18.2 Å². The predicted molar refractivity (Wildman–Crippen MR) is 97.2 cm³/mol. The topological polar surface area (TPSA) is 72.5 Å². The molecule has 1 aliphatic carbocycles. The summed E-state index contributed by atoms with van der Waals surface area (Å²) in [5.74, 6) is 1.43. The standard InChI is InChI=1S/C20H28N2O4/c1-25-17-9-8-14(12-18(17)26-2)10-11-21-16-13-19(23)22(20(16)24)15-6-4-3-5-7-15/h8-9,12,15-16,21H,3-7,10-11,13H2,1-2H3/p+1. The summed E-state index contributed by atoms with van der Waals surface area (Å²) in [6.45, 7) is 0.762. The van der Waals surface area contributed by atoms with E-state index in [-0.39, 0.29) is 23.9 Å². The molecule has 1 atom stereocenters. The van der Waals surface area contributed by atoms with E-state index in [9.17, 15) is 9.59 Å². The van der Waals surface area contributed by atoms with Gasteiger partial charge in [0.05, 0.1) is 27.2 Å². The lowest BCUT2D eigenvalue weighted by Gasteiger charge is -2.29. The summed E-state index contributed by atoms with van der Waals surface area (Å²) in [4.78, 5) is 26.6. The second kappa shape index (κ2) is 8.54. The first-order valence-electron chi connectivity index (χ1n) is 9.54. The van der Waals surface area contributed by atoms with Gasteiger partial charge >= 0.3 is 0 Å². The van der Waals surface area contributed by atoms with E-state index in [1.54, 1.807) is 19.1 Å². The Morgan fingerprint density at radius 2 is 1.81 bits per heavy atom. The Labute approximate surface area is 154 Å². The van der Waals surface area contributed by atoms with Crippen molar-refractivity contribution in [3.05, 3.63) is 23.8 Å². The number of amides is 2. The maximum Gasteiger partial charge on any atom is 0.288 e. The first-order valence-corrected chi connectivity index (χ1v) is 9.54. The van der Waals surface area contributed by atoms with Gasteiger partial charge in [-0.2, -0.15) is 0 Å². The van der Waals surface area contributed by atoms with E-state index in [2.05, 4.69) is 0 Å². The average Bonchev–Trinajstić information content (AvgIpc) is 2.95. The van der Waals surface area contributed by atoms with Crippen molar-refractivity contribution >= 4 is 11.8 Å². The molecule has 0 aromatic heterocycles. The van der Waals surface area contributed by atoms with E-state index in [0.29, 0.717) is 17.9 Å². The molecule has 1 heterocycles. The van der Waals surface area contributed by atoms with Gasteiger partial charge in [-0.3, -0.25) is 14.5 Å². The van der Waals surface area contributed by atoms with Crippen LogP contribution in [0.5, 0.6) is 11.5 Å². The Bertz CT molecular complexity index is 655. The molecule has 6 nitrogen and oxygen atoms in total. The maximum atomic E-state index is 12.7. The summed E-state index contributed by atoms with van der Waals surface area (Å²) in [5, 5.41) is 2.01. The van der Waals surface area contributed by atoms with Gasteiger partial charge in [0.15, 0.2) is 17.5 Å². The Hall–Kier alpha value is -2.08. The molecule has 1 aliphatic heterocycles. The third-order valence-electron chi connectivity index (χ3n) is 5.49. The van der Waals surface area contributed by atoms with Crippen molar-refractivity contribution < 1.29 is 24.4 Å². The molecule has 0 bridgehead atoms. The summed E-state index contributed by atoms with van der Waals surface area (Å²) in [6.07, 6.45) is 6.53. The van der Waals surface area contributed by atoms with E-state index in [4.69, 9.17) is 9.47 Å². The summed E-state index contributed by atoms with van der Waals surface area (Å²) >= 11 is 0. The van der Waals surface area contributed by atoms with Gasteiger partial charge in [0, 0.05) is 12.5 Å². The molecule has 1 saturated heterocycles. The quantitative estimate of drug-likeness (QED) is 0.743. The fourth-order valence-electron chi connectivity index (χ4n) is 4.07. The van der Waals surface area contributed by atoms with Crippen molar-refractivity contribution in [1.29, 1.82) is 0 Å². The van der Waals surface area contributed by atoms with Crippen molar-refractivity contribution in [2.45, 2.75) is 57.0 Å². The van der Waals surface area contributed by atoms with E-state index in [0.717, 1.165) is 44.2 Å². The lowest BCUT2D eigenvalue weighted by atomic mass is 9.94. The number of likely N-dealkylation sites (tertiary alicyclic amines) is 1. The normalized spacial score (nSPS) is 21.3. The minimum Gasteiger partial charge on any atom is -0.493 e. The summed E-state index contributed by atoms with van der Waals surface area (Å²) in [5.41, 5.74) is 1.12. The summed E-state index contributed by atoms with van der Waals surface area (Å²) < 4.78 is 10.6. The molecule has 2 amide bonds. The van der Waals surface area contributed by atoms with Crippen LogP contribution < -0.4 is 14.8 Å². The highest BCUT2D eigenvalue weighted by Gasteiger charge is 2.44. The molecule has 0 spiro atoms. The number of nitrogens with two attached hydrogens (primary N) is 1. The molecule has 1 saturated carbocycles. The number of imide groups is 1. The number of rotatable bonds is 7. The number of methoxy groups -OCH3 is 2. The molecule has 2 fully saturated rings. The van der Waals surface area contributed by atoms with E-state index >= 15 is 0 Å². The lowest BCUT2D eigenvalue weighted by Crippen LogP contribution is -2.92. The fourth-order valence-corrected chi connectivity index (χ4v) is 4.07. The van der Waals surface area contributed by atoms with E-state index < -0.39 is 0 Å². The molecule has 3 rings (SSSR count). The van der Waals surface area contributed by atoms with Crippen LogP contribution in [-0.2, 0) is 16.0 Å². The third kappa shape index (κ3) is 4.01. The van der Waals surface area contributed by atoms with Gasteiger partial charge < -0.3 is 14.8 Å². The smallest absolute Gasteiger partial charge is 0.288 e. The highest BCUT2D eigenvalue weighted by Crippen LogP contribution is 2.28. The number of benzene rings is 1. The highest BCUT2D eigenvalue weighted by atomic mass is 16.5. The zero-order valence-corrected chi connectivity index (χ0v) is 15.7. The number of hydrogen-bond acceptors (Lipinski definition) is 4. The van der Waals surface area contributed by atoms with Crippen molar-refractivity contribution in [3.63, 3.8) is 0 Å². The molecular formula is C20H29N2O4+. The number of quaternary nitrogens is 1. The van der Waals surface area contributed by atoms with Gasteiger partial charge in [-0.25, -0.2) is 0 Å². The Kier molecular flexibility index (Phi) is 6.14. The van der Waals surface area contributed by atoms with Crippen LogP contribution in [0.4, 0.5) is 0 Å². The van der Waals surface area contributed by atoms with Gasteiger partial charge in [-0.15, -0.1) is 0 Å². The van der Waals surface area contributed by atoms with Crippen LogP contribution >= 0.6 is 0 Å². The fraction of sp³-hybridized carbons (Fsp3) is 0.600. The molecule has 2 aliphatic rings. The van der Waals surface area contributed by atoms with E-state index in [1.807, 2.05) is 23.5 Å². The lowest BCUT2D eigenvalue weighted by molar-refractivity contribution is -0.674. The van der Waals surface area contributed by atoms with Crippen molar-refractivity contribution in [2.24, 2.45) is 0 Å². The second-order valence-corrected chi connectivity index (χ2v) is 7.17. The van der Waals surface area contributed by atoms with Crippen LogP contribution in [0, 0.1) is 0 Å². The van der Waals surface area contributed by atoms with Crippen LogP contribution in [0.25, 0.3) is 0 Å². The zero-order chi connectivity index (χ0) is 18.5. The molecule has 1 aromatic carbocycles. The van der Waals surface area contributed by atoms with Crippen LogP contribution in [-0.4, -0.2) is 49.6 Å². The van der Waals surface area contributed by atoms with Gasteiger partial charge in [-0.05, 0) is 30.5 Å². The Balaban J connectivity index is 1.53. The highest BCUT2D eigenvalue weighted by molar-refractivity contribution is 6.05.